The first-order valence-electron chi connectivity index (χ1n) is 7.18. The smallest absolute Gasteiger partial charge is 0.176 e. The Balaban J connectivity index is 0.000000541. The summed E-state index contributed by atoms with van der Waals surface area (Å²) < 4.78 is 2.15. The van der Waals surface area contributed by atoms with Gasteiger partial charge in [0.15, 0.2) is 5.84 Å². The number of rotatable bonds is 4. The molecule has 2 aromatic rings. The van der Waals surface area contributed by atoms with Crippen LogP contribution in [0.1, 0.15) is 25.8 Å². The van der Waals surface area contributed by atoms with Crippen LogP contribution in [-0.2, 0) is 6.54 Å². The van der Waals surface area contributed by atoms with E-state index in [4.69, 9.17) is 11.3 Å². The molecule has 0 aliphatic heterocycles. The van der Waals surface area contributed by atoms with Crippen LogP contribution in [0.5, 0.6) is 0 Å². The molecule has 1 heterocycles. The number of aromatic nitrogens is 1. The Kier molecular flexibility index (Phi) is 7.33. The molecular weight excluding hydrogens is 274 g/mol. The third-order valence-corrected chi connectivity index (χ3v) is 3.03. The van der Waals surface area contributed by atoms with Crippen molar-refractivity contribution in [3.63, 3.8) is 0 Å². The third-order valence-electron chi connectivity index (χ3n) is 3.03. The van der Waals surface area contributed by atoms with Crippen LogP contribution in [-0.4, -0.2) is 10.4 Å². The van der Waals surface area contributed by atoms with Crippen molar-refractivity contribution in [2.24, 2.45) is 16.2 Å². The van der Waals surface area contributed by atoms with Crippen molar-refractivity contribution < 1.29 is 0 Å². The normalized spacial score (nSPS) is 10.8. The summed E-state index contributed by atoms with van der Waals surface area (Å²) in [6, 6.07) is 7.77. The molecule has 0 amide bonds. The second-order valence-corrected chi connectivity index (χ2v) is 4.57. The van der Waals surface area contributed by atoms with Gasteiger partial charge in [0.05, 0.1) is 0 Å². The number of allylic oxidation sites excluding steroid dienone is 3. The van der Waals surface area contributed by atoms with Crippen LogP contribution in [0.4, 0.5) is 0 Å². The molecule has 5 heteroatoms. The maximum absolute atomic E-state index is 7.66. The summed E-state index contributed by atoms with van der Waals surface area (Å²) in [5.41, 5.74) is 1.84. The molecule has 0 radical (unpaired) electrons. The number of nitrogens with two attached hydrogens (primary N) is 1. The predicted molar refractivity (Wildman–Crippen MR) is 93.1 cm³/mol. The van der Waals surface area contributed by atoms with E-state index in [0.29, 0.717) is 5.56 Å². The minimum absolute atomic E-state index is 0.0700. The summed E-state index contributed by atoms with van der Waals surface area (Å²) >= 11 is 0. The quantitative estimate of drug-likeness (QED) is 0.214. The molecule has 1 aromatic heterocycles. The summed E-state index contributed by atoms with van der Waals surface area (Å²) in [5.74, 6) is 5.01. The average Bonchev–Trinajstić information content (AvgIpc) is 2.95. The van der Waals surface area contributed by atoms with Crippen molar-refractivity contribution in [1.82, 2.24) is 4.57 Å². The monoisotopic (exact) mass is 297 g/mol. The van der Waals surface area contributed by atoms with Gasteiger partial charge < -0.3 is 10.4 Å². The zero-order valence-corrected chi connectivity index (χ0v) is 13.2. The van der Waals surface area contributed by atoms with Crippen molar-refractivity contribution in [3.05, 3.63) is 60.8 Å². The van der Waals surface area contributed by atoms with Gasteiger partial charge in [-0.3, -0.25) is 5.41 Å². The predicted octanol–water partition coefficient (Wildman–Crippen LogP) is 4.45. The molecule has 0 fully saturated rings. The van der Waals surface area contributed by atoms with E-state index in [-0.39, 0.29) is 5.84 Å². The Morgan fingerprint density at radius 2 is 2.14 bits per heavy atom. The molecular formula is C17H23N5. The molecule has 5 nitrogen and oxygen atoms in total. The van der Waals surface area contributed by atoms with Crippen LogP contribution in [0.15, 0.2) is 65.6 Å². The lowest BCUT2D eigenvalue weighted by Gasteiger charge is -2.02. The Morgan fingerprint density at radius 3 is 2.73 bits per heavy atom. The first kappa shape index (κ1) is 17.4. The van der Waals surface area contributed by atoms with Gasteiger partial charge >= 0.3 is 0 Å². The molecule has 0 aliphatic carbocycles. The maximum Gasteiger partial charge on any atom is 0.176 e. The third kappa shape index (κ3) is 4.70. The lowest BCUT2D eigenvalue weighted by atomic mass is 10.1. The molecule has 2 rings (SSSR count). The van der Waals surface area contributed by atoms with Crippen molar-refractivity contribution in [2.45, 2.75) is 26.8 Å². The molecule has 0 aliphatic rings. The molecule has 22 heavy (non-hydrogen) atoms. The number of nitrogens with zero attached hydrogens (tertiary/aromatic N) is 3. The second kappa shape index (κ2) is 9.28. The van der Waals surface area contributed by atoms with Gasteiger partial charge in [-0.05, 0) is 37.6 Å². The van der Waals surface area contributed by atoms with Gasteiger partial charge in [0, 0.05) is 29.2 Å². The molecule has 1 aromatic carbocycles. The topological polar surface area (TPSA) is 79.5 Å². The standard InChI is InChI=1S/C13H15N5.C4H8/c1-2-3-7-18-8-6-10-9-11(4-5-12(10)18)13(14)16-17-15;1-3-4-2/h2-6,8-9H,7H2,1H3,(H3,14,15,16);3H,1,4H2,2H3/b3-2+;. The van der Waals surface area contributed by atoms with E-state index in [1.165, 1.54) is 0 Å². The number of nitrogens with one attached hydrogen (secondary N) is 1. The molecule has 0 atom stereocenters. The SMILES string of the molecule is C/C=C/Cn1ccc2cc(C(=N)N=NN)ccc21.C=CCC. The van der Waals surface area contributed by atoms with Gasteiger partial charge in [-0.15, -0.1) is 11.7 Å². The van der Waals surface area contributed by atoms with Crippen LogP contribution in [0.2, 0.25) is 0 Å². The van der Waals surface area contributed by atoms with Gasteiger partial charge in [0.1, 0.15) is 0 Å². The maximum atomic E-state index is 7.66. The summed E-state index contributed by atoms with van der Waals surface area (Å²) in [6.07, 6.45) is 9.11. The van der Waals surface area contributed by atoms with Crippen molar-refractivity contribution in [2.75, 3.05) is 0 Å². The van der Waals surface area contributed by atoms with Crippen LogP contribution in [0.25, 0.3) is 10.9 Å². The lowest BCUT2D eigenvalue weighted by Crippen LogP contribution is -1.96. The first-order chi connectivity index (χ1) is 10.7. The van der Waals surface area contributed by atoms with E-state index in [2.05, 4.69) is 34.5 Å². The van der Waals surface area contributed by atoms with Gasteiger partial charge in [-0.2, -0.15) is 0 Å². The molecule has 116 valence electrons. The number of benzene rings is 1. The molecule has 0 saturated heterocycles. The van der Waals surface area contributed by atoms with Gasteiger partial charge in [0.2, 0.25) is 0 Å². The van der Waals surface area contributed by atoms with Crippen LogP contribution in [0.3, 0.4) is 0 Å². The van der Waals surface area contributed by atoms with Gasteiger partial charge in [-0.1, -0.05) is 30.4 Å². The second-order valence-electron chi connectivity index (χ2n) is 4.57. The minimum atomic E-state index is 0.0700. The summed E-state index contributed by atoms with van der Waals surface area (Å²) in [6.45, 7) is 8.39. The highest BCUT2D eigenvalue weighted by Crippen LogP contribution is 2.18. The van der Waals surface area contributed by atoms with E-state index in [9.17, 15) is 0 Å². The Morgan fingerprint density at radius 1 is 1.41 bits per heavy atom. The Labute approximate surface area is 131 Å². The number of amidine groups is 1. The van der Waals surface area contributed by atoms with E-state index in [1.807, 2.05) is 49.5 Å². The molecule has 0 unspecified atom stereocenters. The fourth-order valence-electron chi connectivity index (χ4n) is 1.84. The molecule has 0 bridgehead atoms. The fraction of sp³-hybridized carbons (Fsp3) is 0.235. The van der Waals surface area contributed by atoms with Gasteiger partial charge in [-0.25, -0.2) is 0 Å². The van der Waals surface area contributed by atoms with Crippen molar-refractivity contribution in [3.8, 4) is 0 Å². The van der Waals surface area contributed by atoms with E-state index >= 15 is 0 Å². The van der Waals surface area contributed by atoms with Crippen LogP contribution in [0, 0.1) is 5.41 Å². The first-order valence-corrected chi connectivity index (χ1v) is 7.18. The fourth-order valence-corrected chi connectivity index (χ4v) is 1.84. The summed E-state index contributed by atoms with van der Waals surface area (Å²) in [5, 5.41) is 15.4. The largest absolute Gasteiger partial charge is 0.344 e. The zero-order chi connectivity index (χ0) is 16.4. The highest BCUT2D eigenvalue weighted by molar-refractivity contribution is 6.00. The zero-order valence-electron chi connectivity index (χ0n) is 13.2. The number of hydrogen-bond donors (Lipinski definition) is 2. The Hall–Kier alpha value is -2.69. The van der Waals surface area contributed by atoms with Crippen LogP contribution >= 0.6 is 0 Å². The minimum Gasteiger partial charge on any atom is -0.344 e. The molecule has 0 saturated carbocycles. The average molecular weight is 297 g/mol. The van der Waals surface area contributed by atoms with Crippen molar-refractivity contribution in [1.29, 1.82) is 5.41 Å². The van der Waals surface area contributed by atoms with Crippen LogP contribution < -0.4 is 5.84 Å². The van der Waals surface area contributed by atoms with Crippen molar-refractivity contribution >= 4 is 16.7 Å². The highest BCUT2D eigenvalue weighted by Gasteiger charge is 2.04. The lowest BCUT2D eigenvalue weighted by molar-refractivity contribution is 0.862. The molecule has 0 spiro atoms. The highest BCUT2D eigenvalue weighted by atomic mass is 15.3. The summed E-state index contributed by atoms with van der Waals surface area (Å²) in [7, 11) is 0. The summed E-state index contributed by atoms with van der Waals surface area (Å²) in [4.78, 5) is 0. The van der Waals surface area contributed by atoms with E-state index < -0.39 is 0 Å². The number of fused-ring (bicyclic) bond motifs is 1. The number of hydrogen-bond acceptors (Lipinski definition) is 2. The van der Waals surface area contributed by atoms with Gasteiger partial charge in [0.25, 0.3) is 0 Å². The Bertz CT molecular complexity index is 679. The molecule has 3 N–H and O–H groups in total. The van der Waals surface area contributed by atoms with E-state index in [0.717, 1.165) is 23.9 Å². The van der Waals surface area contributed by atoms with E-state index in [1.54, 1.807) is 0 Å².